The van der Waals surface area contributed by atoms with Gasteiger partial charge in [-0.25, -0.2) is 15.0 Å². The zero-order valence-electron chi connectivity index (χ0n) is 30.2. The van der Waals surface area contributed by atoms with Crippen LogP contribution in [0.2, 0.25) is 0 Å². The number of carbonyl (C=O) groups is 2. The normalized spacial score (nSPS) is 21.6. The van der Waals surface area contributed by atoms with Gasteiger partial charge in [0, 0.05) is 32.1 Å². The number of benzene rings is 3. The first-order valence-electron chi connectivity index (χ1n) is 18.5. The van der Waals surface area contributed by atoms with Crippen molar-refractivity contribution in [2.45, 2.75) is 56.9 Å². The van der Waals surface area contributed by atoms with E-state index in [0.717, 1.165) is 37.2 Å². The van der Waals surface area contributed by atoms with Crippen LogP contribution in [0.1, 0.15) is 48.0 Å². The van der Waals surface area contributed by atoms with Crippen LogP contribution < -0.4 is 16.0 Å². The number of nitrogens with zero attached hydrogens (tertiary/aromatic N) is 5. The van der Waals surface area contributed by atoms with Crippen LogP contribution in [-0.4, -0.2) is 90.9 Å². The fourth-order valence-corrected chi connectivity index (χ4v) is 7.18. The lowest BCUT2D eigenvalue weighted by Gasteiger charge is -2.20. The molecule has 280 valence electrons. The number of hydrogen-bond donors (Lipinski definition) is 5. The number of aliphatic hydroxyl groups excluding tert-OH is 2. The van der Waals surface area contributed by atoms with E-state index in [1.165, 1.54) is 16.5 Å². The van der Waals surface area contributed by atoms with Crippen LogP contribution in [0, 0.1) is 5.92 Å². The molecule has 5 aromatic rings. The second-order valence-corrected chi connectivity index (χ2v) is 13.7. The van der Waals surface area contributed by atoms with Crippen molar-refractivity contribution in [1.29, 1.82) is 0 Å². The molecule has 7 rings (SSSR count). The van der Waals surface area contributed by atoms with Crippen molar-refractivity contribution in [2.24, 2.45) is 5.92 Å². The topological polar surface area (TPSA) is 167 Å². The Balaban J connectivity index is 1.11. The van der Waals surface area contributed by atoms with Gasteiger partial charge in [-0.3, -0.25) is 19.1 Å². The minimum Gasteiger partial charge on any atom is -0.387 e. The largest absolute Gasteiger partial charge is 0.387 e. The van der Waals surface area contributed by atoms with E-state index in [0.29, 0.717) is 35.9 Å². The van der Waals surface area contributed by atoms with Crippen molar-refractivity contribution < 1.29 is 24.5 Å². The van der Waals surface area contributed by atoms with Gasteiger partial charge in [0.1, 0.15) is 12.2 Å². The maximum Gasteiger partial charge on any atom is 0.252 e. The maximum absolute atomic E-state index is 13.1. The Labute approximate surface area is 314 Å². The summed E-state index contributed by atoms with van der Waals surface area (Å²) in [7, 11) is 0. The van der Waals surface area contributed by atoms with Crippen LogP contribution in [0.15, 0.2) is 109 Å². The average molecular weight is 731 g/mol. The van der Waals surface area contributed by atoms with Crippen molar-refractivity contribution in [3.63, 3.8) is 0 Å². The lowest BCUT2D eigenvalue weighted by atomic mass is 9.91. The van der Waals surface area contributed by atoms with Crippen LogP contribution in [0.5, 0.6) is 0 Å². The van der Waals surface area contributed by atoms with Crippen molar-refractivity contribution >= 4 is 28.8 Å². The molecule has 0 saturated carbocycles. The second-order valence-electron chi connectivity index (χ2n) is 13.7. The Bertz CT molecular complexity index is 2000. The molecule has 2 aliphatic heterocycles. The quantitative estimate of drug-likeness (QED) is 0.107. The van der Waals surface area contributed by atoms with Gasteiger partial charge in [0.2, 0.25) is 5.91 Å². The molecule has 54 heavy (non-hydrogen) atoms. The number of likely N-dealkylation sites (tertiary alicyclic amines) is 1. The van der Waals surface area contributed by atoms with Gasteiger partial charge >= 0.3 is 0 Å². The van der Waals surface area contributed by atoms with E-state index >= 15 is 0 Å². The van der Waals surface area contributed by atoms with Gasteiger partial charge in [0.05, 0.1) is 12.9 Å². The van der Waals surface area contributed by atoms with Crippen molar-refractivity contribution in [2.75, 3.05) is 31.5 Å². The number of ether oxygens (including phenoxy) is 1. The van der Waals surface area contributed by atoms with Crippen LogP contribution in [0.25, 0.3) is 11.2 Å². The van der Waals surface area contributed by atoms with E-state index in [1.807, 2.05) is 60.7 Å². The Kier molecular flexibility index (Phi) is 11.7. The number of aromatic nitrogens is 4. The number of hydrogen-bond acceptors (Lipinski definition) is 10. The number of rotatable bonds is 14. The van der Waals surface area contributed by atoms with Crippen molar-refractivity contribution in [3.05, 3.63) is 132 Å². The van der Waals surface area contributed by atoms with Gasteiger partial charge in [-0.2, -0.15) is 0 Å². The number of imidazole rings is 1. The monoisotopic (exact) mass is 730 g/mol. The summed E-state index contributed by atoms with van der Waals surface area (Å²) >= 11 is 0. The molecule has 1 unspecified atom stereocenters. The van der Waals surface area contributed by atoms with Gasteiger partial charge in [0.25, 0.3) is 5.91 Å². The van der Waals surface area contributed by atoms with Crippen LogP contribution in [-0.2, 0) is 27.4 Å². The summed E-state index contributed by atoms with van der Waals surface area (Å²) in [4.78, 5) is 42.2. The molecule has 2 fully saturated rings. The van der Waals surface area contributed by atoms with Gasteiger partial charge in [-0.15, -0.1) is 0 Å². The van der Waals surface area contributed by atoms with Crippen molar-refractivity contribution in [1.82, 2.24) is 35.1 Å². The van der Waals surface area contributed by atoms with Crippen LogP contribution in [0.3, 0.4) is 0 Å². The highest BCUT2D eigenvalue weighted by molar-refractivity contribution is 5.87. The molecular weight excluding hydrogens is 685 g/mol. The van der Waals surface area contributed by atoms with E-state index in [1.54, 1.807) is 13.0 Å². The molecule has 2 saturated heterocycles. The Morgan fingerprint density at radius 3 is 2.30 bits per heavy atom. The predicted octanol–water partition coefficient (Wildman–Crippen LogP) is 3.52. The van der Waals surface area contributed by atoms with E-state index in [2.05, 4.69) is 62.2 Å². The maximum atomic E-state index is 13.1. The summed E-state index contributed by atoms with van der Waals surface area (Å²) in [6.45, 7) is 5.32. The molecule has 0 spiro atoms. The zero-order chi connectivity index (χ0) is 37.4. The Morgan fingerprint density at radius 1 is 0.926 bits per heavy atom. The molecule has 0 aliphatic carbocycles. The molecule has 13 heteroatoms. The lowest BCUT2D eigenvalue weighted by Crippen LogP contribution is -2.42. The van der Waals surface area contributed by atoms with E-state index in [-0.39, 0.29) is 24.3 Å². The zero-order valence-corrected chi connectivity index (χ0v) is 30.2. The third-order valence-corrected chi connectivity index (χ3v) is 9.97. The minimum atomic E-state index is -1.47. The first-order chi connectivity index (χ1) is 26.4. The highest BCUT2D eigenvalue weighted by Crippen LogP contribution is 2.33. The number of fused-ring (bicyclic) bond motifs is 1. The first-order valence-corrected chi connectivity index (χ1v) is 18.5. The number of aliphatic hydroxyl groups is 2. The number of anilines is 1. The second kappa shape index (κ2) is 17.1. The highest BCUT2D eigenvalue weighted by atomic mass is 16.6. The summed E-state index contributed by atoms with van der Waals surface area (Å²) < 4.78 is 7.41. The SMILES string of the molecule is CCNC(=O)[C@H]1O[C@@H](n2cnc3c(NCC(c4ccccc4)c4ccccc4)nc(CNC(=O)/C=C/C4CCN(Cc5ccccc5)C4)nc32)[C@H](O)[C@@H]1O. The number of carbonyl (C=O) groups excluding carboxylic acids is 2. The molecule has 2 aromatic heterocycles. The third-order valence-electron chi connectivity index (χ3n) is 9.97. The molecule has 4 heterocycles. The number of likely N-dealkylation sites (N-methyl/N-ethyl adjacent to an activating group) is 1. The van der Waals surface area contributed by atoms with Gasteiger partial charge in [-0.1, -0.05) is 97.1 Å². The number of nitrogens with one attached hydrogen (secondary N) is 3. The number of amides is 2. The molecule has 2 aliphatic rings. The lowest BCUT2D eigenvalue weighted by molar-refractivity contribution is -0.137. The van der Waals surface area contributed by atoms with Gasteiger partial charge in [0.15, 0.2) is 35.1 Å². The molecule has 0 radical (unpaired) electrons. The Morgan fingerprint density at radius 2 is 1.61 bits per heavy atom. The molecule has 5 N–H and O–H groups in total. The summed E-state index contributed by atoms with van der Waals surface area (Å²) in [5.41, 5.74) is 4.21. The fourth-order valence-electron chi connectivity index (χ4n) is 7.18. The summed E-state index contributed by atoms with van der Waals surface area (Å²) in [6.07, 6.45) is 0.637. The average Bonchev–Trinajstić information content (AvgIpc) is 3.91. The molecule has 5 atom stereocenters. The standard InChI is InChI=1S/C41H46N8O5/c1-2-42-40(53)37-35(51)36(52)41(54-37)49-26-45-34-38(44-22-31(29-14-8-4-9-15-29)30-16-10-5-11-17-30)46-32(47-39(34)49)23-43-33(50)19-18-28-20-21-48(25-28)24-27-12-6-3-7-13-27/h3-19,26,28,31,35-37,41,51-52H,2,20-25H2,1H3,(H,42,53)(H,43,50)(H,44,46,47)/b19-18+/t28?,35-,36+,37-,41+/m0/s1. The van der Waals surface area contributed by atoms with E-state index in [9.17, 15) is 19.8 Å². The van der Waals surface area contributed by atoms with Crippen molar-refractivity contribution in [3.8, 4) is 0 Å². The van der Waals surface area contributed by atoms with Crippen LogP contribution in [0.4, 0.5) is 5.82 Å². The minimum absolute atomic E-state index is 0.0167. The van der Waals surface area contributed by atoms with E-state index < -0.39 is 30.4 Å². The summed E-state index contributed by atoms with van der Waals surface area (Å²) in [5.74, 6) is 0.175. The molecular formula is C41H46N8O5. The van der Waals surface area contributed by atoms with Gasteiger partial charge < -0.3 is 30.9 Å². The molecule has 3 aromatic carbocycles. The fraction of sp³-hybridized carbons (Fsp3) is 0.341. The predicted molar refractivity (Wildman–Crippen MR) is 204 cm³/mol. The first kappa shape index (κ1) is 36.9. The molecule has 13 nitrogen and oxygen atoms in total. The summed E-state index contributed by atoms with van der Waals surface area (Å²) in [6, 6.07) is 30.7. The third kappa shape index (κ3) is 8.50. The molecule has 2 amide bonds. The highest BCUT2D eigenvalue weighted by Gasteiger charge is 2.47. The van der Waals surface area contributed by atoms with E-state index in [4.69, 9.17) is 14.7 Å². The van der Waals surface area contributed by atoms with Crippen LogP contribution >= 0.6 is 0 Å². The molecule has 0 bridgehead atoms. The smallest absolute Gasteiger partial charge is 0.252 e. The Hall–Kier alpha value is -5.47. The summed E-state index contributed by atoms with van der Waals surface area (Å²) in [5, 5.41) is 30.8. The van der Waals surface area contributed by atoms with Gasteiger partial charge in [-0.05, 0) is 48.6 Å².